The van der Waals surface area contributed by atoms with Crippen molar-refractivity contribution < 1.29 is 21.7 Å². The predicted octanol–water partition coefficient (Wildman–Crippen LogP) is 2.56. The van der Waals surface area contributed by atoms with E-state index in [0.29, 0.717) is 0 Å². The van der Waals surface area contributed by atoms with E-state index < -0.39 is 0 Å². The predicted molar refractivity (Wildman–Crippen MR) is 60.4 cm³/mol. The van der Waals surface area contributed by atoms with Crippen LogP contribution in [0.1, 0.15) is 47.0 Å². The van der Waals surface area contributed by atoms with Gasteiger partial charge in [-0.1, -0.05) is 0 Å². The van der Waals surface area contributed by atoms with Crippen LogP contribution in [-0.4, -0.2) is 28.1 Å². The summed E-state index contributed by atoms with van der Waals surface area (Å²) in [5.41, 5.74) is -0.0794. The van der Waals surface area contributed by atoms with Crippen LogP contribution in [0, 0.1) is 5.92 Å². The summed E-state index contributed by atoms with van der Waals surface area (Å²) in [5.74, 6) is 0.927. The van der Waals surface area contributed by atoms with E-state index in [1.807, 2.05) is 0 Å². The summed E-state index contributed by atoms with van der Waals surface area (Å²) in [6.07, 6.45) is 3.94. The number of hydrogen-bond acceptors (Lipinski definition) is 2. The van der Waals surface area contributed by atoms with Gasteiger partial charge in [-0.25, -0.2) is 0 Å². The van der Waals surface area contributed by atoms with Crippen molar-refractivity contribution in [1.82, 2.24) is 4.90 Å². The minimum atomic E-state index is -0.0794. The number of ether oxygens (including phenoxy) is 1. The Labute approximate surface area is 103 Å². The van der Waals surface area contributed by atoms with E-state index in [2.05, 4.69) is 49.6 Å². The molecule has 0 aromatic carbocycles. The van der Waals surface area contributed by atoms with Crippen LogP contribution in [0.3, 0.4) is 0 Å². The number of rotatable bonds is 3. The average Bonchev–Trinajstić information content (AvgIpc) is 2.15. The van der Waals surface area contributed by atoms with E-state index in [1.54, 1.807) is 0 Å². The minimum absolute atomic E-state index is 0.0794. The van der Waals surface area contributed by atoms with Crippen LogP contribution in [0.4, 0.5) is 0 Å². The van der Waals surface area contributed by atoms with Crippen molar-refractivity contribution in [3.05, 3.63) is 0 Å². The van der Waals surface area contributed by atoms with Gasteiger partial charge in [-0.05, 0) is 0 Å². The van der Waals surface area contributed by atoms with Gasteiger partial charge in [-0.15, -0.1) is 0 Å². The van der Waals surface area contributed by atoms with Gasteiger partial charge in [0, 0.05) is 0 Å². The van der Waals surface area contributed by atoms with Gasteiger partial charge in [-0.3, -0.25) is 0 Å². The van der Waals surface area contributed by atoms with Gasteiger partial charge in [0.05, 0.1) is 0 Å². The normalized spacial score (nSPS) is 20.5. The summed E-state index contributed by atoms with van der Waals surface area (Å²) in [7, 11) is 0. The summed E-state index contributed by atoms with van der Waals surface area (Å²) < 4.78 is 6.89. The fourth-order valence-corrected chi connectivity index (χ4v) is 2.61. The molecule has 0 amide bonds. The van der Waals surface area contributed by atoms with Gasteiger partial charge in [0.2, 0.25) is 0 Å². The Hall–Kier alpha value is 0.374. The van der Waals surface area contributed by atoms with Gasteiger partial charge in [0.1, 0.15) is 0 Å². The van der Waals surface area contributed by atoms with Crippen LogP contribution in [-0.2, 0) is 21.7 Å². The molecule has 1 fully saturated rings. The Bertz CT molecular complexity index is 214. The Balaban J connectivity index is 2.37. The number of nitrogens with zero attached hydrogens (tertiary/aromatic N) is 1. The van der Waals surface area contributed by atoms with Crippen molar-refractivity contribution in [3.63, 3.8) is 0 Å². The number of piperidine rings is 1. The zero-order valence-corrected chi connectivity index (χ0v) is 11.8. The zero-order valence-electron chi connectivity index (χ0n) is 10.4. The molecule has 87 valence electrons. The molecular formula is C12H23NOV. The molecule has 1 aliphatic rings. The molecule has 1 aliphatic heterocycles. The van der Waals surface area contributed by atoms with Crippen LogP contribution in [0.25, 0.3) is 0 Å². The van der Waals surface area contributed by atoms with Crippen molar-refractivity contribution >= 4 is 4.54 Å². The van der Waals surface area contributed by atoms with Crippen LogP contribution in [0.15, 0.2) is 0 Å². The molecule has 0 unspecified atom stereocenters. The standard InChI is InChI=1S/C12H23NO.V/c1-5-11-6-8-13(9-7-11)10-14-12(2,3)4;/h11H,5-9H2,1-4H3;. The van der Waals surface area contributed by atoms with E-state index in [4.69, 9.17) is 4.74 Å². The molecule has 0 saturated carbocycles. The monoisotopic (exact) mass is 248 g/mol. The molecule has 0 N–H and O–H groups in total. The SMILES string of the molecule is CCC1CCN([C](=[V])OC(C)(C)C)CC1. The van der Waals surface area contributed by atoms with Crippen LogP contribution in [0.2, 0.25) is 0 Å². The first-order valence-corrected chi connectivity index (χ1v) is 6.62. The average molecular weight is 248 g/mol. The van der Waals surface area contributed by atoms with E-state index in [1.165, 1.54) is 19.3 Å². The summed E-state index contributed by atoms with van der Waals surface area (Å²) >= 11 is 2.58. The Kier molecular flexibility index (Phi) is 5.04. The third-order valence-electron chi connectivity index (χ3n) is 2.86. The molecule has 3 heteroatoms. The third-order valence-corrected chi connectivity index (χ3v) is 3.44. The molecule has 1 saturated heterocycles. The number of hydrogen-bond donors (Lipinski definition) is 0. The van der Waals surface area contributed by atoms with E-state index >= 15 is 0 Å². The molecule has 0 aliphatic carbocycles. The second-order valence-corrected chi connectivity index (χ2v) is 5.93. The third kappa shape index (κ3) is 4.82. The fraction of sp³-hybridized carbons (Fsp3) is 0.917. The van der Waals surface area contributed by atoms with E-state index in [0.717, 1.165) is 23.5 Å². The molecule has 0 aromatic rings. The van der Waals surface area contributed by atoms with Gasteiger partial charge >= 0.3 is 103 Å². The quantitative estimate of drug-likeness (QED) is 0.761. The molecule has 0 aromatic heterocycles. The molecule has 0 radical (unpaired) electrons. The van der Waals surface area contributed by atoms with Gasteiger partial charge in [-0.2, -0.15) is 0 Å². The van der Waals surface area contributed by atoms with Crippen LogP contribution < -0.4 is 0 Å². The summed E-state index contributed by atoms with van der Waals surface area (Å²) in [6, 6.07) is 0. The molecule has 1 rings (SSSR count). The molecule has 2 nitrogen and oxygen atoms in total. The molecule has 0 spiro atoms. The summed E-state index contributed by atoms with van der Waals surface area (Å²) in [5, 5.41) is 0. The maximum absolute atomic E-state index is 5.86. The first-order valence-electron chi connectivity index (χ1n) is 5.92. The van der Waals surface area contributed by atoms with Crippen molar-refractivity contribution in [3.8, 4) is 0 Å². The van der Waals surface area contributed by atoms with Gasteiger partial charge in [0.25, 0.3) is 0 Å². The van der Waals surface area contributed by atoms with Crippen molar-refractivity contribution in [2.45, 2.75) is 52.6 Å². The topological polar surface area (TPSA) is 12.5 Å². The second-order valence-electron chi connectivity index (χ2n) is 5.34. The van der Waals surface area contributed by atoms with Crippen LogP contribution >= 0.6 is 0 Å². The Morgan fingerprint density at radius 2 is 1.87 bits per heavy atom. The molecule has 15 heavy (non-hydrogen) atoms. The van der Waals surface area contributed by atoms with Crippen molar-refractivity contribution in [1.29, 1.82) is 0 Å². The van der Waals surface area contributed by atoms with Gasteiger partial charge in [0.15, 0.2) is 0 Å². The number of likely N-dealkylation sites (tertiary alicyclic amines) is 1. The van der Waals surface area contributed by atoms with Crippen molar-refractivity contribution in [2.75, 3.05) is 13.1 Å². The Morgan fingerprint density at radius 1 is 1.33 bits per heavy atom. The second kappa shape index (κ2) is 5.63. The molecule has 0 atom stereocenters. The fourth-order valence-electron chi connectivity index (χ4n) is 1.87. The van der Waals surface area contributed by atoms with E-state index in [-0.39, 0.29) is 5.60 Å². The summed E-state index contributed by atoms with van der Waals surface area (Å²) in [6.45, 7) is 10.9. The molecule has 0 bridgehead atoms. The zero-order chi connectivity index (χ0) is 11.5. The molecular weight excluding hydrogens is 225 g/mol. The molecule has 1 heterocycles. The first-order chi connectivity index (χ1) is 6.92. The summed E-state index contributed by atoms with van der Waals surface area (Å²) in [4.78, 5) is 2.36. The van der Waals surface area contributed by atoms with Crippen molar-refractivity contribution in [2.24, 2.45) is 5.92 Å². The Morgan fingerprint density at radius 3 is 2.27 bits per heavy atom. The maximum atomic E-state index is 5.86. The van der Waals surface area contributed by atoms with Gasteiger partial charge < -0.3 is 0 Å². The first kappa shape index (κ1) is 13.4. The van der Waals surface area contributed by atoms with Crippen LogP contribution in [0.5, 0.6) is 0 Å². The van der Waals surface area contributed by atoms with E-state index in [9.17, 15) is 0 Å².